The Morgan fingerprint density at radius 2 is 1.93 bits per heavy atom. The van der Waals surface area contributed by atoms with Gasteiger partial charge in [-0.15, -0.1) is 0 Å². The minimum atomic E-state index is -0.406. The summed E-state index contributed by atoms with van der Waals surface area (Å²) in [6.45, 7) is 0.978. The van der Waals surface area contributed by atoms with Crippen LogP contribution in [0.2, 0.25) is 10.0 Å². The number of rotatable bonds is 9. The second kappa shape index (κ2) is 12.8. The summed E-state index contributed by atoms with van der Waals surface area (Å²) in [6, 6.07) is 4.77. The van der Waals surface area contributed by atoms with Crippen LogP contribution in [-0.4, -0.2) is 56.4 Å². The van der Waals surface area contributed by atoms with Gasteiger partial charge in [-0.05, 0) is 57.2 Å². The van der Waals surface area contributed by atoms with E-state index in [1.807, 2.05) is 0 Å². The number of benzene rings is 1. The maximum atomic E-state index is 12.8. The smallest absolute Gasteiger partial charge is 0.323 e. The Labute approximate surface area is 242 Å². The van der Waals surface area contributed by atoms with Crippen molar-refractivity contribution in [2.24, 2.45) is 0 Å². The predicted molar refractivity (Wildman–Crippen MR) is 153 cm³/mol. The third-order valence-corrected chi connectivity index (χ3v) is 7.88. The second-order valence-electron chi connectivity index (χ2n) is 10.1. The van der Waals surface area contributed by atoms with Crippen molar-refractivity contribution in [2.45, 2.75) is 69.8 Å². The molecule has 1 saturated heterocycles. The van der Waals surface area contributed by atoms with Gasteiger partial charge in [0.2, 0.25) is 5.91 Å². The molecule has 0 spiro atoms. The van der Waals surface area contributed by atoms with E-state index in [2.05, 4.69) is 31.0 Å². The number of anilines is 2. The van der Waals surface area contributed by atoms with Crippen molar-refractivity contribution in [3.05, 3.63) is 52.4 Å². The molecule has 1 amide bonds. The zero-order chi connectivity index (χ0) is 28.1. The number of ether oxygens (including phenoxy) is 1. The number of aromatic nitrogens is 4. The number of piperidine rings is 1. The van der Waals surface area contributed by atoms with Gasteiger partial charge >= 0.3 is 5.97 Å². The predicted octanol–water partition coefficient (Wildman–Crippen LogP) is 3.56. The first-order valence-electron chi connectivity index (χ1n) is 13.4. The normalized spacial score (nSPS) is 19.4. The lowest BCUT2D eigenvalue weighted by atomic mass is 9.99. The Morgan fingerprint density at radius 1 is 1.15 bits per heavy atom. The molecule has 11 nitrogen and oxygen atoms in total. The van der Waals surface area contributed by atoms with Gasteiger partial charge in [0.25, 0.3) is 0 Å². The molecule has 2 atom stereocenters. The summed E-state index contributed by atoms with van der Waals surface area (Å²) in [5, 5.41) is 14.8. The van der Waals surface area contributed by atoms with Crippen molar-refractivity contribution >= 4 is 46.7 Å². The number of amides is 1. The maximum absolute atomic E-state index is 12.8. The zero-order valence-corrected chi connectivity index (χ0v) is 23.4. The first kappa shape index (κ1) is 28.1. The molecular weight excluding hydrogens is 555 g/mol. The molecule has 212 valence electrons. The van der Waals surface area contributed by atoms with E-state index in [4.69, 9.17) is 33.7 Å². The van der Waals surface area contributed by atoms with Crippen LogP contribution < -0.4 is 21.7 Å². The fourth-order valence-corrected chi connectivity index (χ4v) is 5.56. The highest BCUT2D eigenvalue weighted by Crippen LogP contribution is 2.27. The third-order valence-electron chi connectivity index (χ3n) is 7.17. The maximum Gasteiger partial charge on any atom is 0.323 e. The number of nitrogens with one attached hydrogen (secondary N) is 3. The van der Waals surface area contributed by atoms with Gasteiger partial charge in [0.15, 0.2) is 11.6 Å². The van der Waals surface area contributed by atoms with Gasteiger partial charge in [-0.25, -0.2) is 9.97 Å². The number of carbonyl (C=O) groups excluding carboxylic acids is 2. The minimum Gasteiger partial charge on any atom is -0.461 e. The molecule has 5 rings (SSSR count). The van der Waals surface area contributed by atoms with Gasteiger partial charge in [0, 0.05) is 40.0 Å². The number of nitrogens with zero attached hydrogens (tertiary/aromatic N) is 4. The molecule has 40 heavy (non-hydrogen) atoms. The van der Waals surface area contributed by atoms with Crippen LogP contribution >= 0.6 is 23.2 Å². The van der Waals surface area contributed by atoms with Crippen LogP contribution in [-0.2, 0) is 27.4 Å². The molecule has 3 heterocycles. The van der Waals surface area contributed by atoms with Crippen LogP contribution in [0.15, 0.2) is 36.8 Å². The van der Waals surface area contributed by atoms with Crippen molar-refractivity contribution in [1.29, 1.82) is 0 Å². The van der Waals surface area contributed by atoms with Gasteiger partial charge in [0.1, 0.15) is 18.7 Å². The first-order chi connectivity index (χ1) is 19.4. The summed E-state index contributed by atoms with van der Waals surface area (Å²) in [4.78, 5) is 34.1. The number of hydrogen-bond acceptors (Lipinski definition) is 9. The molecule has 5 N–H and O–H groups in total. The quantitative estimate of drug-likeness (QED) is 0.276. The van der Waals surface area contributed by atoms with Crippen LogP contribution in [0, 0.1) is 0 Å². The number of nitrogen functional groups attached to an aromatic ring is 1. The Morgan fingerprint density at radius 3 is 2.70 bits per heavy atom. The van der Waals surface area contributed by atoms with E-state index in [1.54, 1.807) is 36.8 Å². The highest BCUT2D eigenvalue weighted by atomic mass is 35.5. The summed E-state index contributed by atoms with van der Waals surface area (Å²) in [5.74, 6) is 0.194. The number of nitrogens with two attached hydrogens (primary N) is 1. The molecule has 2 unspecified atom stereocenters. The number of hydrogen-bond donors (Lipinski definition) is 4. The van der Waals surface area contributed by atoms with E-state index in [0.717, 1.165) is 37.7 Å². The number of carbonyl (C=O) groups is 2. The van der Waals surface area contributed by atoms with E-state index < -0.39 is 6.04 Å². The van der Waals surface area contributed by atoms with Crippen LogP contribution in [0.1, 0.15) is 44.1 Å². The minimum absolute atomic E-state index is 0.0248. The Hall–Kier alpha value is -3.41. The van der Waals surface area contributed by atoms with Gasteiger partial charge in [0.05, 0.1) is 18.1 Å². The lowest BCUT2D eigenvalue weighted by molar-refractivity contribution is -0.152. The van der Waals surface area contributed by atoms with E-state index in [-0.39, 0.29) is 36.4 Å². The first-order valence-corrected chi connectivity index (χ1v) is 14.2. The summed E-state index contributed by atoms with van der Waals surface area (Å²) < 4.78 is 7.18. The van der Waals surface area contributed by atoms with Gasteiger partial charge in [-0.3, -0.25) is 14.3 Å². The molecule has 1 aliphatic carbocycles. The van der Waals surface area contributed by atoms with Gasteiger partial charge in [-0.2, -0.15) is 5.10 Å². The van der Waals surface area contributed by atoms with Crippen molar-refractivity contribution in [1.82, 2.24) is 30.4 Å². The van der Waals surface area contributed by atoms with Crippen LogP contribution in [0.25, 0.3) is 11.3 Å². The van der Waals surface area contributed by atoms with E-state index in [0.29, 0.717) is 46.6 Å². The molecule has 13 heteroatoms. The summed E-state index contributed by atoms with van der Waals surface area (Å²) in [6.07, 6.45) is 10.2. The van der Waals surface area contributed by atoms with Gasteiger partial charge < -0.3 is 26.4 Å². The highest BCUT2D eigenvalue weighted by molar-refractivity contribution is 6.36. The lowest BCUT2D eigenvalue weighted by Gasteiger charge is -2.30. The highest BCUT2D eigenvalue weighted by Gasteiger charge is 2.31. The molecular formula is C27H32Cl2N8O3. The van der Waals surface area contributed by atoms with Crippen LogP contribution in [0.3, 0.4) is 0 Å². The molecule has 1 saturated carbocycles. The molecule has 0 radical (unpaired) electrons. The number of halogens is 2. The molecule has 1 aromatic carbocycles. The van der Waals surface area contributed by atoms with E-state index in [9.17, 15) is 9.59 Å². The molecule has 3 aromatic rings. The van der Waals surface area contributed by atoms with Crippen LogP contribution in [0.4, 0.5) is 11.6 Å². The van der Waals surface area contributed by atoms with Crippen molar-refractivity contribution < 1.29 is 14.3 Å². The molecule has 2 aliphatic rings. The van der Waals surface area contributed by atoms with E-state index >= 15 is 0 Å². The van der Waals surface area contributed by atoms with Crippen LogP contribution in [0.5, 0.6) is 0 Å². The second-order valence-corrected chi connectivity index (χ2v) is 10.9. The largest absolute Gasteiger partial charge is 0.461 e. The monoisotopic (exact) mass is 586 g/mol. The summed E-state index contributed by atoms with van der Waals surface area (Å²) >= 11 is 12.5. The SMILES string of the molecule is Nc1ncc(-c2cnn(CC(=O)NC3CCNC(C(=O)OC4CCCC4)C3)c2)nc1NCc1c(Cl)cccc1Cl. The topological polar surface area (TPSA) is 149 Å². The van der Waals surface area contributed by atoms with E-state index in [1.165, 1.54) is 4.68 Å². The average Bonchev–Trinajstić information content (AvgIpc) is 3.62. The lowest BCUT2D eigenvalue weighted by Crippen LogP contribution is -2.52. The molecule has 2 fully saturated rings. The third kappa shape index (κ3) is 7.01. The van der Waals surface area contributed by atoms with Crippen molar-refractivity contribution in [3.8, 4) is 11.3 Å². The Balaban J connectivity index is 1.15. The number of esters is 1. The van der Waals surface area contributed by atoms with Crippen molar-refractivity contribution in [2.75, 3.05) is 17.6 Å². The van der Waals surface area contributed by atoms with Crippen molar-refractivity contribution in [3.63, 3.8) is 0 Å². The van der Waals surface area contributed by atoms with Gasteiger partial charge in [-0.1, -0.05) is 29.3 Å². The molecule has 1 aliphatic heterocycles. The fraction of sp³-hybridized carbons (Fsp3) is 0.444. The molecule has 0 bridgehead atoms. The molecule has 2 aromatic heterocycles. The average molecular weight is 588 g/mol. The summed E-state index contributed by atoms with van der Waals surface area (Å²) in [7, 11) is 0. The zero-order valence-electron chi connectivity index (χ0n) is 21.9. The Kier molecular flexibility index (Phi) is 9.03. The fourth-order valence-electron chi connectivity index (χ4n) is 5.02. The summed E-state index contributed by atoms with van der Waals surface area (Å²) in [5.41, 5.74) is 7.97. The Bertz CT molecular complexity index is 1340. The standard InChI is InChI=1S/C27H32Cl2N8O3/c28-20-6-3-7-21(29)19(20)12-33-26-25(30)32-13-23(36-26)16-11-34-37(14-16)15-24(38)35-17-8-9-31-22(10-17)27(39)40-18-4-1-2-5-18/h3,6-7,11,13-14,17-18,22,31H,1-2,4-5,8-10,12,15H2,(H2,30,32)(H,33,36)(H,35,38).